The molecule has 0 spiro atoms. The minimum atomic E-state index is -3.96. The fraction of sp³-hybridized carbons (Fsp3) is 0.357. The van der Waals surface area contributed by atoms with Crippen molar-refractivity contribution in [1.29, 1.82) is 0 Å². The van der Waals surface area contributed by atoms with Gasteiger partial charge in [-0.1, -0.05) is 36.4 Å². The zero-order valence-electron chi connectivity index (χ0n) is 21.4. The summed E-state index contributed by atoms with van der Waals surface area (Å²) < 4.78 is 55.2. The molecule has 2 aliphatic rings. The Bertz CT molecular complexity index is 1400. The number of hydrogen-bond acceptors (Lipinski definition) is 7. The summed E-state index contributed by atoms with van der Waals surface area (Å²) in [6, 6.07) is 19.0. The first-order valence-corrected chi connectivity index (χ1v) is 14.0. The maximum absolute atomic E-state index is 14.4. The lowest BCUT2D eigenvalue weighted by molar-refractivity contribution is 0.0713. The van der Waals surface area contributed by atoms with Crippen LogP contribution in [-0.2, 0) is 16.6 Å². The molecule has 10 heteroatoms. The van der Waals surface area contributed by atoms with Crippen LogP contribution in [0.15, 0.2) is 71.6 Å². The van der Waals surface area contributed by atoms with Crippen molar-refractivity contribution < 1.29 is 27.4 Å². The van der Waals surface area contributed by atoms with Crippen LogP contribution in [0.5, 0.6) is 11.5 Å². The molecule has 1 fully saturated rings. The highest BCUT2D eigenvalue weighted by Gasteiger charge is 2.39. The molecule has 38 heavy (non-hydrogen) atoms. The van der Waals surface area contributed by atoms with E-state index in [4.69, 9.17) is 9.47 Å². The Balaban J connectivity index is 1.52. The lowest BCUT2D eigenvalue weighted by Crippen LogP contribution is -2.47. The van der Waals surface area contributed by atoms with Gasteiger partial charge < -0.3 is 14.6 Å². The fourth-order valence-electron chi connectivity index (χ4n) is 5.15. The van der Waals surface area contributed by atoms with E-state index in [1.165, 1.54) is 12.1 Å². The number of likely N-dealkylation sites (tertiary alicyclic amines) is 1. The summed E-state index contributed by atoms with van der Waals surface area (Å²) in [4.78, 5) is 4.09. The standard InChI is InChI=1S/C28H32FN3O5S/c1-31-16-22(33)14-30-38(34,35)28-11-10-20(19-7-5-8-23(12-19)36-2)13-26(28)37-27-18-32(17-25(27)31)15-21-6-3-4-9-24(21)29/h3-13,22,25,27,30,33H,14-18H2,1-2H3/t22-,25+,27-/m0/s1. The van der Waals surface area contributed by atoms with Crippen LogP contribution in [0.1, 0.15) is 5.56 Å². The van der Waals surface area contributed by atoms with Crippen LogP contribution < -0.4 is 14.2 Å². The number of β-amino-alcohol motifs (C(OH)–C–C–N with tert-alkyl or cyclic N) is 1. The molecule has 2 N–H and O–H groups in total. The van der Waals surface area contributed by atoms with Gasteiger partial charge in [-0.2, -0.15) is 0 Å². The highest BCUT2D eigenvalue weighted by Crippen LogP contribution is 2.34. The lowest BCUT2D eigenvalue weighted by Gasteiger charge is -2.30. The lowest BCUT2D eigenvalue weighted by atomic mass is 10.1. The van der Waals surface area contributed by atoms with E-state index in [9.17, 15) is 17.9 Å². The number of sulfonamides is 1. The number of rotatable bonds is 4. The Hall–Kier alpha value is -3.02. The Morgan fingerprint density at radius 3 is 2.63 bits per heavy atom. The number of methoxy groups -OCH3 is 1. The Morgan fingerprint density at radius 1 is 1.05 bits per heavy atom. The molecule has 202 valence electrons. The number of nitrogens with one attached hydrogen (secondary N) is 1. The van der Waals surface area contributed by atoms with Crippen LogP contribution in [0.4, 0.5) is 4.39 Å². The third-order valence-corrected chi connectivity index (χ3v) is 8.62. The van der Waals surface area contributed by atoms with Gasteiger partial charge in [-0.25, -0.2) is 17.5 Å². The van der Waals surface area contributed by atoms with Crippen LogP contribution in [0.25, 0.3) is 11.1 Å². The van der Waals surface area contributed by atoms with Gasteiger partial charge in [0.1, 0.15) is 28.3 Å². The van der Waals surface area contributed by atoms with E-state index in [1.54, 1.807) is 31.4 Å². The molecule has 0 amide bonds. The van der Waals surface area contributed by atoms with Gasteiger partial charge >= 0.3 is 0 Å². The van der Waals surface area contributed by atoms with Crippen molar-refractivity contribution in [2.45, 2.75) is 29.7 Å². The fourth-order valence-corrected chi connectivity index (χ4v) is 6.34. The molecule has 2 heterocycles. The summed E-state index contributed by atoms with van der Waals surface area (Å²) in [5, 5.41) is 10.6. The molecule has 0 aliphatic carbocycles. The predicted molar refractivity (Wildman–Crippen MR) is 142 cm³/mol. The van der Waals surface area contributed by atoms with Crippen LogP contribution in [-0.4, -0.2) is 81.9 Å². The molecule has 5 rings (SSSR count). The normalized spacial score (nSPS) is 24.1. The van der Waals surface area contributed by atoms with E-state index in [-0.39, 0.29) is 35.6 Å². The summed E-state index contributed by atoms with van der Waals surface area (Å²) in [6.07, 6.45) is -1.32. The van der Waals surface area contributed by atoms with E-state index in [0.29, 0.717) is 30.9 Å². The van der Waals surface area contributed by atoms with Crippen molar-refractivity contribution in [2.24, 2.45) is 0 Å². The zero-order valence-corrected chi connectivity index (χ0v) is 22.2. The second-order valence-electron chi connectivity index (χ2n) is 9.85. The molecule has 8 nitrogen and oxygen atoms in total. The van der Waals surface area contributed by atoms with Crippen LogP contribution in [0.2, 0.25) is 0 Å². The maximum Gasteiger partial charge on any atom is 0.244 e. The van der Waals surface area contributed by atoms with Gasteiger partial charge in [-0.15, -0.1) is 0 Å². The van der Waals surface area contributed by atoms with Gasteiger partial charge in [0.2, 0.25) is 10.0 Å². The first-order valence-electron chi connectivity index (χ1n) is 12.5. The number of ether oxygens (including phenoxy) is 2. The second-order valence-corrected chi connectivity index (χ2v) is 11.6. The van der Waals surface area contributed by atoms with E-state index < -0.39 is 22.2 Å². The quantitative estimate of drug-likeness (QED) is 0.525. The first kappa shape index (κ1) is 26.6. The summed E-state index contributed by atoms with van der Waals surface area (Å²) in [6.45, 7) is 1.57. The number of fused-ring (bicyclic) bond motifs is 2. The second kappa shape index (κ2) is 11.0. The first-order chi connectivity index (χ1) is 18.2. The molecule has 3 atom stereocenters. The third kappa shape index (κ3) is 5.69. The number of halogens is 1. The van der Waals surface area contributed by atoms with Crippen LogP contribution in [0, 0.1) is 5.82 Å². The number of likely N-dealkylation sites (N-methyl/N-ethyl adjacent to an activating group) is 1. The topological polar surface area (TPSA) is 91.3 Å². The number of aliphatic hydroxyl groups is 1. The summed E-state index contributed by atoms with van der Waals surface area (Å²) in [5.41, 5.74) is 2.22. The molecular weight excluding hydrogens is 509 g/mol. The minimum absolute atomic E-state index is 0.00667. The van der Waals surface area contributed by atoms with Crippen molar-refractivity contribution in [3.8, 4) is 22.6 Å². The summed E-state index contributed by atoms with van der Waals surface area (Å²) in [5.74, 6) is 0.645. The number of benzene rings is 3. The Morgan fingerprint density at radius 2 is 1.84 bits per heavy atom. The van der Waals surface area contributed by atoms with E-state index >= 15 is 0 Å². The zero-order chi connectivity index (χ0) is 26.9. The predicted octanol–water partition coefficient (Wildman–Crippen LogP) is 2.72. The molecule has 0 aromatic heterocycles. The molecule has 0 bridgehead atoms. The van der Waals surface area contributed by atoms with E-state index in [0.717, 1.165) is 11.1 Å². The van der Waals surface area contributed by atoms with Crippen molar-refractivity contribution in [2.75, 3.05) is 40.3 Å². The molecule has 0 radical (unpaired) electrons. The van der Waals surface area contributed by atoms with E-state index in [2.05, 4.69) is 9.62 Å². The molecule has 1 saturated heterocycles. The SMILES string of the molecule is COc1cccc(-c2ccc3c(c2)O[C@H]2CN(Cc4ccccc4F)C[C@H]2N(C)C[C@@H](O)CNS3(=O)=O)c1. The number of aliphatic hydroxyl groups excluding tert-OH is 1. The van der Waals surface area contributed by atoms with Crippen molar-refractivity contribution in [1.82, 2.24) is 14.5 Å². The minimum Gasteiger partial charge on any atom is -0.497 e. The van der Waals surface area contributed by atoms with Gasteiger partial charge in [-0.3, -0.25) is 9.80 Å². The average molecular weight is 542 g/mol. The maximum atomic E-state index is 14.4. The molecule has 2 aliphatic heterocycles. The summed E-state index contributed by atoms with van der Waals surface area (Å²) >= 11 is 0. The Kier molecular flexibility index (Phi) is 7.69. The highest BCUT2D eigenvalue weighted by molar-refractivity contribution is 7.89. The third-order valence-electron chi connectivity index (χ3n) is 7.15. The molecular formula is C28H32FN3O5S. The van der Waals surface area contributed by atoms with Crippen molar-refractivity contribution in [3.05, 3.63) is 78.1 Å². The summed E-state index contributed by atoms with van der Waals surface area (Å²) in [7, 11) is -0.480. The monoisotopic (exact) mass is 541 g/mol. The Labute approximate surface area is 222 Å². The smallest absolute Gasteiger partial charge is 0.244 e. The highest BCUT2D eigenvalue weighted by atomic mass is 32.2. The number of hydrogen-bond donors (Lipinski definition) is 2. The molecule has 3 aromatic rings. The van der Waals surface area contributed by atoms with Gasteiger partial charge in [0, 0.05) is 38.3 Å². The molecule has 0 saturated carbocycles. The van der Waals surface area contributed by atoms with Crippen molar-refractivity contribution in [3.63, 3.8) is 0 Å². The molecule has 0 unspecified atom stereocenters. The number of nitrogens with zero attached hydrogens (tertiary/aromatic N) is 2. The van der Waals surface area contributed by atoms with Crippen molar-refractivity contribution >= 4 is 10.0 Å². The van der Waals surface area contributed by atoms with Gasteiger partial charge in [0.15, 0.2) is 0 Å². The van der Waals surface area contributed by atoms with Crippen LogP contribution in [0.3, 0.4) is 0 Å². The molecule has 3 aromatic carbocycles. The van der Waals surface area contributed by atoms with Gasteiger partial charge in [-0.05, 0) is 48.5 Å². The van der Waals surface area contributed by atoms with Gasteiger partial charge in [0.05, 0.1) is 19.3 Å². The average Bonchev–Trinajstić information content (AvgIpc) is 3.30. The van der Waals surface area contributed by atoms with E-state index in [1.807, 2.05) is 42.3 Å². The largest absolute Gasteiger partial charge is 0.497 e. The van der Waals surface area contributed by atoms with Crippen LogP contribution >= 0.6 is 0 Å². The van der Waals surface area contributed by atoms with Gasteiger partial charge in [0.25, 0.3) is 0 Å².